The molecule has 1 rings (SSSR count). The Bertz CT molecular complexity index is 385. The number of ether oxygens (including phenoxy) is 1. The largest absolute Gasteiger partial charge is 0.495 e. The molecule has 16 heavy (non-hydrogen) atoms. The minimum atomic E-state index is -0.968. The zero-order valence-electron chi connectivity index (χ0n) is 9.19. The maximum absolute atomic E-state index is 13.6. The lowest BCUT2D eigenvalue weighted by Crippen LogP contribution is -2.09. The van der Waals surface area contributed by atoms with E-state index in [1.54, 1.807) is 6.92 Å². The Balaban J connectivity index is 3.32. The molecular weight excluding hydrogens is 236 g/mol. The molecule has 0 amide bonds. The van der Waals surface area contributed by atoms with Crippen molar-refractivity contribution in [1.29, 1.82) is 0 Å². The average Bonchev–Trinajstić information content (AvgIpc) is 2.23. The second-order valence-electron chi connectivity index (χ2n) is 3.58. The van der Waals surface area contributed by atoms with Crippen LogP contribution in [0.3, 0.4) is 0 Å². The van der Waals surface area contributed by atoms with E-state index in [2.05, 4.69) is 0 Å². The SMILES string of the molecule is COc1c(Cl)cc(F)c(F)c1C(C)CCN. The lowest BCUT2D eigenvalue weighted by Gasteiger charge is -2.17. The molecule has 0 fully saturated rings. The molecule has 0 aromatic heterocycles. The molecule has 2 N–H and O–H groups in total. The van der Waals surface area contributed by atoms with Crippen LogP contribution in [0.5, 0.6) is 5.75 Å². The van der Waals surface area contributed by atoms with Crippen molar-refractivity contribution in [2.75, 3.05) is 13.7 Å². The fourth-order valence-corrected chi connectivity index (χ4v) is 1.91. The first-order chi connectivity index (χ1) is 7.52. The number of halogens is 3. The first kappa shape index (κ1) is 13.2. The smallest absolute Gasteiger partial charge is 0.166 e. The van der Waals surface area contributed by atoms with Gasteiger partial charge in [-0.15, -0.1) is 0 Å². The van der Waals surface area contributed by atoms with Crippen molar-refractivity contribution in [2.45, 2.75) is 19.3 Å². The number of methoxy groups -OCH3 is 1. The van der Waals surface area contributed by atoms with E-state index in [4.69, 9.17) is 22.1 Å². The second-order valence-corrected chi connectivity index (χ2v) is 3.99. The first-order valence-electron chi connectivity index (χ1n) is 4.94. The van der Waals surface area contributed by atoms with Crippen molar-refractivity contribution in [3.8, 4) is 5.75 Å². The predicted molar refractivity (Wildman–Crippen MR) is 60.0 cm³/mol. The van der Waals surface area contributed by atoms with Gasteiger partial charge in [-0.25, -0.2) is 8.78 Å². The van der Waals surface area contributed by atoms with Gasteiger partial charge in [0.2, 0.25) is 0 Å². The van der Waals surface area contributed by atoms with Crippen LogP contribution in [0.15, 0.2) is 6.07 Å². The summed E-state index contributed by atoms with van der Waals surface area (Å²) in [6.45, 7) is 2.14. The van der Waals surface area contributed by atoms with E-state index in [9.17, 15) is 8.78 Å². The molecule has 1 aromatic carbocycles. The van der Waals surface area contributed by atoms with Crippen LogP contribution in [0.2, 0.25) is 5.02 Å². The molecular formula is C11H14ClF2NO. The van der Waals surface area contributed by atoms with Crippen LogP contribution in [0.25, 0.3) is 0 Å². The Hall–Kier alpha value is -0.870. The van der Waals surface area contributed by atoms with Gasteiger partial charge in [0.15, 0.2) is 11.6 Å². The van der Waals surface area contributed by atoms with Crippen molar-refractivity contribution in [2.24, 2.45) is 5.73 Å². The van der Waals surface area contributed by atoms with E-state index in [0.717, 1.165) is 6.07 Å². The third kappa shape index (κ3) is 2.44. The third-order valence-corrected chi connectivity index (χ3v) is 2.74. The van der Waals surface area contributed by atoms with Gasteiger partial charge in [-0.3, -0.25) is 0 Å². The van der Waals surface area contributed by atoms with E-state index >= 15 is 0 Å². The summed E-state index contributed by atoms with van der Waals surface area (Å²) < 4.78 is 31.9. The summed E-state index contributed by atoms with van der Waals surface area (Å²) in [6.07, 6.45) is 0.535. The summed E-state index contributed by atoms with van der Waals surface area (Å²) in [7, 11) is 1.37. The number of nitrogens with two attached hydrogens (primary N) is 1. The van der Waals surface area contributed by atoms with Crippen LogP contribution >= 0.6 is 11.6 Å². The van der Waals surface area contributed by atoms with E-state index in [1.165, 1.54) is 7.11 Å². The average molecular weight is 250 g/mol. The van der Waals surface area contributed by atoms with Gasteiger partial charge in [0.25, 0.3) is 0 Å². The molecule has 0 spiro atoms. The summed E-state index contributed by atoms with van der Waals surface area (Å²) in [5.74, 6) is -1.94. The van der Waals surface area contributed by atoms with Crippen molar-refractivity contribution < 1.29 is 13.5 Å². The van der Waals surface area contributed by atoms with Gasteiger partial charge in [-0.05, 0) is 24.9 Å². The predicted octanol–water partition coefficient (Wildman–Crippen LogP) is 3.08. The van der Waals surface area contributed by atoms with Crippen LogP contribution in [0.1, 0.15) is 24.8 Å². The molecule has 0 aliphatic heterocycles. The van der Waals surface area contributed by atoms with Gasteiger partial charge in [-0.2, -0.15) is 0 Å². The Morgan fingerprint density at radius 2 is 2.12 bits per heavy atom. The highest BCUT2D eigenvalue weighted by Crippen LogP contribution is 2.37. The molecule has 2 nitrogen and oxygen atoms in total. The quantitative estimate of drug-likeness (QED) is 0.833. The molecule has 5 heteroatoms. The number of benzene rings is 1. The maximum atomic E-state index is 13.6. The Labute approximate surface area is 98.3 Å². The molecule has 90 valence electrons. The molecule has 1 aromatic rings. The molecule has 0 bridgehead atoms. The van der Waals surface area contributed by atoms with Gasteiger partial charge in [0, 0.05) is 5.56 Å². The summed E-state index contributed by atoms with van der Waals surface area (Å²) in [4.78, 5) is 0. The topological polar surface area (TPSA) is 35.2 Å². The summed E-state index contributed by atoms with van der Waals surface area (Å²) in [5, 5.41) is 0.0697. The lowest BCUT2D eigenvalue weighted by atomic mass is 9.96. The molecule has 0 aliphatic carbocycles. The fraction of sp³-hybridized carbons (Fsp3) is 0.455. The highest BCUT2D eigenvalue weighted by Gasteiger charge is 2.22. The normalized spacial score (nSPS) is 12.6. The molecule has 0 aliphatic rings. The standard InChI is InChI=1S/C11H14ClF2NO/c1-6(3-4-15)9-10(14)8(13)5-7(12)11(9)16-2/h5-6H,3-4,15H2,1-2H3. The summed E-state index contributed by atoms with van der Waals surface area (Å²) in [6, 6.07) is 0.911. The van der Waals surface area contributed by atoms with Crippen molar-refractivity contribution in [3.63, 3.8) is 0 Å². The number of hydrogen-bond acceptors (Lipinski definition) is 2. The van der Waals surface area contributed by atoms with E-state index < -0.39 is 11.6 Å². The van der Waals surface area contributed by atoms with Crippen LogP contribution in [-0.2, 0) is 0 Å². The van der Waals surface area contributed by atoms with E-state index in [-0.39, 0.29) is 22.3 Å². The van der Waals surface area contributed by atoms with Gasteiger partial charge in [0.05, 0.1) is 12.1 Å². The third-order valence-electron chi connectivity index (χ3n) is 2.46. The zero-order valence-corrected chi connectivity index (χ0v) is 9.94. The highest BCUT2D eigenvalue weighted by atomic mass is 35.5. The van der Waals surface area contributed by atoms with Gasteiger partial charge in [-0.1, -0.05) is 18.5 Å². The minimum Gasteiger partial charge on any atom is -0.495 e. The zero-order chi connectivity index (χ0) is 12.3. The monoisotopic (exact) mass is 249 g/mol. The highest BCUT2D eigenvalue weighted by molar-refractivity contribution is 6.32. The van der Waals surface area contributed by atoms with E-state index in [1.807, 2.05) is 0 Å². The summed E-state index contributed by atoms with van der Waals surface area (Å²) in [5.41, 5.74) is 5.55. The number of hydrogen-bond donors (Lipinski definition) is 1. The van der Waals surface area contributed by atoms with Crippen molar-refractivity contribution >= 4 is 11.6 Å². The molecule has 0 saturated carbocycles. The van der Waals surface area contributed by atoms with Gasteiger partial charge >= 0.3 is 0 Å². The van der Waals surface area contributed by atoms with Crippen LogP contribution < -0.4 is 10.5 Å². The molecule has 1 unspecified atom stereocenters. The van der Waals surface area contributed by atoms with Crippen molar-refractivity contribution in [3.05, 3.63) is 28.3 Å². The Morgan fingerprint density at radius 3 is 2.62 bits per heavy atom. The summed E-state index contributed by atoms with van der Waals surface area (Å²) >= 11 is 5.79. The Kier molecular flexibility index (Phi) is 4.50. The maximum Gasteiger partial charge on any atom is 0.166 e. The van der Waals surface area contributed by atoms with Crippen molar-refractivity contribution in [1.82, 2.24) is 0 Å². The van der Waals surface area contributed by atoms with Gasteiger partial charge < -0.3 is 10.5 Å². The minimum absolute atomic E-state index is 0.0697. The van der Waals surface area contributed by atoms with E-state index in [0.29, 0.717) is 13.0 Å². The Morgan fingerprint density at radius 1 is 1.50 bits per heavy atom. The van der Waals surface area contributed by atoms with Crippen LogP contribution in [0.4, 0.5) is 8.78 Å². The lowest BCUT2D eigenvalue weighted by molar-refractivity contribution is 0.391. The molecule has 0 saturated heterocycles. The fourth-order valence-electron chi connectivity index (χ4n) is 1.64. The first-order valence-corrected chi connectivity index (χ1v) is 5.32. The molecule has 0 heterocycles. The molecule has 0 radical (unpaired) electrons. The molecule has 1 atom stereocenters. The number of rotatable bonds is 4. The van der Waals surface area contributed by atoms with Crippen LogP contribution in [-0.4, -0.2) is 13.7 Å². The van der Waals surface area contributed by atoms with Crippen LogP contribution in [0, 0.1) is 11.6 Å². The van der Waals surface area contributed by atoms with Gasteiger partial charge in [0.1, 0.15) is 5.75 Å². The second kappa shape index (κ2) is 5.46.